The number of aryl methyl sites for hydroxylation is 1. The van der Waals surface area contributed by atoms with Gasteiger partial charge in [0.05, 0.1) is 6.33 Å². The molecule has 0 bridgehead atoms. The van der Waals surface area contributed by atoms with Crippen LogP contribution in [0.2, 0.25) is 0 Å². The third-order valence-corrected chi connectivity index (χ3v) is 5.32. The fourth-order valence-corrected chi connectivity index (χ4v) is 3.56. The van der Waals surface area contributed by atoms with Gasteiger partial charge in [0, 0.05) is 31.9 Å². The van der Waals surface area contributed by atoms with Crippen LogP contribution in [0.5, 0.6) is 0 Å². The Morgan fingerprint density at radius 1 is 1.41 bits per heavy atom. The minimum absolute atomic E-state index is 0.165. The largest absolute Gasteiger partial charge is 0.337 e. The average Bonchev–Trinajstić information content (AvgIpc) is 3.15. The molecule has 22 heavy (non-hydrogen) atoms. The number of anilines is 1. The molecule has 1 amide bonds. The van der Waals surface area contributed by atoms with Crippen LogP contribution >= 0.6 is 11.3 Å². The van der Waals surface area contributed by atoms with E-state index >= 15 is 0 Å². The molecule has 0 unspecified atom stereocenters. The normalized spacial score (nSPS) is 11.5. The zero-order valence-electron chi connectivity index (χ0n) is 11.9. The van der Waals surface area contributed by atoms with E-state index in [4.69, 9.17) is 0 Å². The lowest BCUT2D eigenvalue weighted by Gasteiger charge is -2.04. The summed E-state index contributed by atoms with van der Waals surface area (Å²) >= 11 is 0.819. The number of nitrogens with one attached hydrogen (secondary N) is 2. The van der Waals surface area contributed by atoms with E-state index in [2.05, 4.69) is 25.2 Å². The van der Waals surface area contributed by atoms with E-state index in [1.807, 2.05) is 10.8 Å². The first kappa shape index (κ1) is 16.5. The molecule has 0 saturated heterocycles. The summed E-state index contributed by atoms with van der Waals surface area (Å²) < 4.78 is 28.2. The molecule has 0 atom stereocenters. The molecule has 11 heteroatoms. The molecule has 0 radical (unpaired) electrons. The lowest BCUT2D eigenvalue weighted by molar-refractivity contribution is -0.115. The number of nitrogens with zero attached hydrogens (tertiary/aromatic N) is 4. The third kappa shape index (κ3) is 4.58. The molecule has 0 fully saturated rings. The van der Waals surface area contributed by atoms with Crippen LogP contribution in [0.4, 0.5) is 5.13 Å². The topological polar surface area (TPSA) is 119 Å². The molecule has 0 saturated carbocycles. The third-order valence-electron chi connectivity index (χ3n) is 2.65. The summed E-state index contributed by atoms with van der Waals surface area (Å²) in [6.07, 6.45) is 6.05. The SMILES string of the molecule is CCC(=O)Nc1nnc(S(=O)(=O)NCCCn2ccnc2)s1. The van der Waals surface area contributed by atoms with Crippen LogP contribution in [0.1, 0.15) is 19.8 Å². The zero-order valence-corrected chi connectivity index (χ0v) is 13.5. The van der Waals surface area contributed by atoms with Crippen molar-refractivity contribution in [1.29, 1.82) is 0 Å². The smallest absolute Gasteiger partial charge is 0.269 e. The average molecular weight is 344 g/mol. The summed E-state index contributed by atoms with van der Waals surface area (Å²) in [5.74, 6) is -0.242. The molecule has 120 valence electrons. The van der Waals surface area contributed by atoms with Crippen molar-refractivity contribution in [2.45, 2.75) is 30.6 Å². The first-order valence-electron chi connectivity index (χ1n) is 6.60. The molecule has 0 spiro atoms. The molecule has 0 aliphatic heterocycles. The Kier molecular flexibility index (Phi) is 5.57. The molecular formula is C11H16N6O3S2. The van der Waals surface area contributed by atoms with Gasteiger partial charge in [0.2, 0.25) is 15.4 Å². The Morgan fingerprint density at radius 2 is 2.23 bits per heavy atom. The monoisotopic (exact) mass is 344 g/mol. The first-order valence-corrected chi connectivity index (χ1v) is 8.90. The number of rotatable bonds is 8. The van der Waals surface area contributed by atoms with Gasteiger partial charge in [-0.3, -0.25) is 4.79 Å². The molecule has 0 aliphatic rings. The van der Waals surface area contributed by atoms with Gasteiger partial charge in [-0.05, 0) is 6.42 Å². The lowest BCUT2D eigenvalue weighted by Crippen LogP contribution is -2.25. The summed E-state index contributed by atoms with van der Waals surface area (Å²) in [5, 5.41) is 9.88. The zero-order chi connectivity index (χ0) is 16.0. The van der Waals surface area contributed by atoms with E-state index < -0.39 is 10.0 Å². The van der Waals surface area contributed by atoms with E-state index in [-0.39, 0.29) is 28.3 Å². The molecule has 9 nitrogen and oxygen atoms in total. The van der Waals surface area contributed by atoms with Gasteiger partial charge in [-0.25, -0.2) is 18.1 Å². The minimum Gasteiger partial charge on any atom is -0.337 e. The molecule has 2 aromatic heterocycles. The lowest BCUT2D eigenvalue weighted by atomic mass is 10.4. The highest BCUT2D eigenvalue weighted by atomic mass is 32.2. The number of aromatic nitrogens is 4. The van der Waals surface area contributed by atoms with Crippen LogP contribution in [0, 0.1) is 0 Å². The quantitative estimate of drug-likeness (QED) is 0.530. The molecule has 2 N–H and O–H groups in total. The fourth-order valence-electron chi connectivity index (χ4n) is 1.53. The summed E-state index contributed by atoms with van der Waals surface area (Å²) in [5.41, 5.74) is 0. The van der Waals surface area contributed by atoms with Gasteiger partial charge in [0.25, 0.3) is 10.0 Å². The molecule has 0 aromatic carbocycles. The Labute approximate surface area is 131 Å². The van der Waals surface area contributed by atoms with Crippen LogP contribution in [-0.2, 0) is 21.4 Å². The molecule has 2 aromatic rings. The second kappa shape index (κ2) is 7.42. The summed E-state index contributed by atoms with van der Waals surface area (Å²) in [7, 11) is -3.70. The predicted octanol–water partition coefficient (Wildman–Crippen LogP) is 0.452. The van der Waals surface area contributed by atoms with E-state index in [0.29, 0.717) is 13.0 Å². The van der Waals surface area contributed by atoms with Crippen molar-refractivity contribution < 1.29 is 13.2 Å². The van der Waals surface area contributed by atoms with Crippen molar-refractivity contribution in [3.8, 4) is 0 Å². The van der Waals surface area contributed by atoms with Crippen LogP contribution in [0.3, 0.4) is 0 Å². The van der Waals surface area contributed by atoms with Crippen molar-refractivity contribution >= 4 is 32.4 Å². The van der Waals surface area contributed by atoms with Crippen molar-refractivity contribution in [2.75, 3.05) is 11.9 Å². The van der Waals surface area contributed by atoms with E-state index in [1.54, 1.807) is 19.4 Å². The van der Waals surface area contributed by atoms with Gasteiger partial charge in [-0.2, -0.15) is 0 Å². The number of hydrogen-bond acceptors (Lipinski definition) is 7. The number of carbonyl (C=O) groups excluding carboxylic acids is 1. The highest BCUT2D eigenvalue weighted by Crippen LogP contribution is 2.19. The Bertz CT molecular complexity index is 710. The van der Waals surface area contributed by atoms with E-state index in [9.17, 15) is 13.2 Å². The van der Waals surface area contributed by atoms with Crippen LogP contribution in [0.25, 0.3) is 0 Å². The molecule has 2 heterocycles. The standard InChI is InChI=1S/C11H16N6O3S2/c1-2-9(18)14-10-15-16-11(21-10)22(19,20)13-4-3-6-17-7-5-12-8-17/h5,7-8,13H,2-4,6H2,1H3,(H,14,15,18). The maximum atomic E-state index is 12.0. The summed E-state index contributed by atoms with van der Waals surface area (Å²) in [4.78, 5) is 15.1. The number of hydrogen-bond donors (Lipinski definition) is 2. The maximum absolute atomic E-state index is 12.0. The molecular weight excluding hydrogens is 328 g/mol. The summed E-state index contributed by atoms with van der Waals surface area (Å²) in [6, 6.07) is 0. The second-order valence-corrected chi connectivity index (χ2v) is 7.24. The second-order valence-electron chi connectivity index (χ2n) is 4.33. The maximum Gasteiger partial charge on any atom is 0.269 e. The van der Waals surface area contributed by atoms with Crippen molar-refractivity contribution in [2.24, 2.45) is 0 Å². The van der Waals surface area contributed by atoms with Crippen molar-refractivity contribution in [3.05, 3.63) is 18.7 Å². The Morgan fingerprint density at radius 3 is 2.91 bits per heavy atom. The van der Waals surface area contributed by atoms with Gasteiger partial charge in [-0.15, -0.1) is 10.2 Å². The van der Waals surface area contributed by atoms with Crippen LogP contribution < -0.4 is 10.0 Å². The minimum atomic E-state index is -3.70. The highest BCUT2D eigenvalue weighted by molar-refractivity contribution is 7.91. The van der Waals surface area contributed by atoms with Crippen LogP contribution in [-0.4, -0.2) is 40.6 Å². The van der Waals surface area contributed by atoms with E-state index in [1.165, 1.54) is 0 Å². The van der Waals surface area contributed by atoms with Gasteiger partial charge >= 0.3 is 0 Å². The highest BCUT2D eigenvalue weighted by Gasteiger charge is 2.20. The summed E-state index contributed by atoms with van der Waals surface area (Å²) in [6.45, 7) is 2.63. The van der Waals surface area contributed by atoms with Gasteiger partial charge in [-0.1, -0.05) is 18.3 Å². The molecule has 0 aliphatic carbocycles. The molecule has 2 rings (SSSR count). The predicted molar refractivity (Wildman–Crippen MR) is 80.9 cm³/mol. The van der Waals surface area contributed by atoms with Crippen molar-refractivity contribution in [3.63, 3.8) is 0 Å². The Hall–Kier alpha value is -1.85. The van der Waals surface area contributed by atoms with Crippen molar-refractivity contribution in [1.82, 2.24) is 24.5 Å². The van der Waals surface area contributed by atoms with E-state index in [0.717, 1.165) is 11.3 Å². The number of sulfonamides is 1. The van der Waals surface area contributed by atoms with Gasteiger partial charge in [0.1, 0.15) is 0 Å². The fraction of sp³-hybridized carbons (Fsp3) is 0.455. The number of imidazole rings is 1. The number of amides is 1. The number of carbonyl (C=O) groups is 1. The Balaban J connectivity index is 1.85. The van der Waals surface area contributed by atoms with Gasteiger partial charge in [0.15, 0.2) is 0 Å². The van der Waals surface area contributed by atoms with Crippen LogP contribution in [0.15, 0.2) is 23.1 Å². The van der Waals surface area contributed by atoms with Gasteiger partial charge < -0.3 is 9.88 Å². The first-order chi connectivity index (χ1) is 10.5.